The van der Waals surface area contributed by atoms with Gasteiger partial charge in [-0.3, -0.25) is 9.59 Å². The molecular weight excluding hydrogens is 400 g/mol. The Kier molecular flexibility index (Phi) is 5.07. The first-order valence-corrected chi connectivity index (χ1v) is 9.77. The minimum atomic E-state index is -0.655. The maximum absolute atomic E-state index is 13.0. The third-order valence-corrected chi connectivity index (χ3v) is 5.43. The van der Waals surface area contributed by atoms with Gasteiger partial charge in [-0.05, 0) is 29.9 Å². The van der Waals surface area contributed by atoms with E-state index in [1.165, 1.54) is 0 Å². The van der Waals surface area contributed by atoms with Gasteiger partial charge in [0.2, 0.25) is 0 Å². The molecule has 148 valence electrons. The van der Waals surface area contributed by atoms with Crippen LogP contribution in [-0.4, -0.2) is 21.2 Å². The molecule has 8 heteroatoms. The molecule has 0 aliphatic rings. The number of rotatable bonds is 5. The number of benzene rings is 3. The highest BCUT2D eigenvalue weighted by Gasteiger charge is 2.20. The van der Waals surface area contributed by atoms with Crippen LogP contribution in [0.25, 0.3) is 10.8 Å². The van der Waals surface area contributed by atoms with Crippen LogP contribution < -0.4 is 5.73 Å². The SMILES string of the molecule is Cc1nsc(/N=N/c2c(O)c(C(=O)c3ccccc3)cc3ccccc23)c1C(N)=O. The summed E-state index contributed by atoms with van der Waals surface area (Å²) in [5.74, 6) is -1.27. The number of hydrogen-bond donors (Lipinski definition) is 2. The van der Waals surface area contributed by atoms with E-state index in [-0.39, 0.29) is 33.3 Å². The number of nitrogens with two attached hydrogens (primary N) is 1. The molecule has 0 saturated heterocycles. The van der Waals surface area contributed by atoms with Crippen LogP contribution in [0.15, 0.2) is 70.9 Å². The lowest BCUT2D eigenvalue weighted by atomic mass is 9.97. The molecule has 30 heavy (non-hydrogen) atoms. The van der Waals surface area contributed by atoms with Crippen molar-refractivity contribution in [3.63, 3.8) is 0 Å². The molecule has 0 spiro atoms. The van der Waals surface area contributed by atoms with Crippen molar-refractivity contribution in [3.8, 4) is 5.75 Å². The van der Waals surface area contributed by atoms with Crippen molar-refractivity contribution in [1.29, 1.82) is 0 Å². The molecule has 0 radical (unpaired) electrons. The van der Waals surface area contributed by atoms with Crippen LogP contribution in [0.2, 0.25) is 0 Å². The van der Waals surface area contributed by atoms with Crippen molar-refractivity contribution in [2.75, 3.05) is 0 Å². The summed E-state index contributed by atoms with van der Waals surface area (Å²) in [5.41, 5.74) is 6.75. The number of primary amides is 1. The van der Waals surface area contributed by atoms with Gasteiger partial charge in [0, 0.05) is 10.9 Å². The van der Waals surface area contributed by atoms with Crippen LogP contribution >= 0.6 is 11.5 Å². The largest absolute Gasteiger partial charge is 0.505 e. The second-order valence-corrected chi connectivity index (χ2v) is 7.30. The van der Waals surface area contributed by atoms with E-state index in [4.69, 9.17) is 5.73 Å². The Balaban J connectivity index is 1.88. The van der Waals surface area contributed by atoms with Gasteiger partial charge in [-0.15, -0.1) is 10.2 Å². The number of aryl methyl sites for hydroxylation is 1. The van der Waals surface area contributed by atoms with E-state index >= 15 is 0 Å². The predicted molar refractivity (Wildman–Crippen MR) is 115 cm³/mol. The molecule has 0 aliphatic heterocycles. The van der Waals surface area contributed by atoms with E-state index < -0.39 is 5.91 Å². The molecule has 1 amide bonds. The maximum Gasteiger partial charge on any atom is 0.253 e. The Morgan fingerprint density at radius 2 is 1.73 bits per heavy atom. The van der Waals surface area contributed by atoms with Gasteiger partial charge >= 0.3 is 0 Å². The monoisotopic (exact) mass is 416 g/mol. The summed E-state index contributed by atoms with van der Waals surface area (Å²) in [5, 5.41) is 20.8. The lowest BCUT2D eigenvalue weighted by Gasteiger charge is -2.10. The summed E-state index contributed by atoms with van der Waals surface area (Å²) >= 11 is 0.983. The van der Waals surface area contributed by atoms with Crippen LogP contribution in [0.4, 0.5) is 10.7 Å². The van der Waals surface area contributed by atoms with Crippen molar-refractivity contribution >= 4 is 44.7 Å². The lowest BCUT2D eigenvalue weighted by Crippen LogP contribution is -2.11. The Morgan fingerprint density at radius 3 is 2.47 bits per heavy atom. The molecule has 4 aromatic rings. The predicted octanol–water partition coefficient (Wildman–Crippen LogP) is 5.06. The topological polar surface area (TPSA) is 118 Å². The van der Waals surface area contributed by atoms with Gasteiger partial charge in [0.1, 0.15) is 11.3 Å². The normalized spacial score (nSPS) is 11.2. The number of carbonyl (C=O) groups excluding carboxylic acids is 2. The summed E-state index contributed by atoms with van der Waals surface area (Å²) in [6, 6.07) is 17.5. The van der Waals surface area contributed by atoms with Crippen LogP contribution in [0.1, 0.15) is 32.0 Å². The zero-order valence-corrected chi connectivity index (χ0v) is 16.7. The molecule has 7 nitrogen and oxygen atoms in total. The number of aromatic hydroxyl groups is 1. The summed E-state index contributed by atoms with van der Waals surface area (Å²) in [6.07, 6.45) is 0. The molecule has 3 N–H and O–H groups in total. The third kappa shape index (κ3) is 3.44. The Morgan fingerprint density at radius 1 is 1.03 bits per heavy atom. The number of phenolic OH excluding ortho intramolecular Hbond substituents is 1. The van der Waals surface area contributed by atoms with E-state index in [0.717, 1.165) is 16.9 Å². The van der Waals surface area contributed by atoms with Gasteiger partial charge in [-0.2, -0.15) is 4.37 Å². The molecular formula is C22H16N4O3S. The zero-order valence-electron chi connectivity index (χ0n) is 15.9. The molecule has 0 fully saturated rings. The molecule has 1 aromatic heterocycles. The van der Waals surface area contributed by atoms with Crippen LogP contribution in [0, 0.1) is 6.92 Å². The van der Waals surface area contributed by atoms with Crippen molar-refractivity contribution < 1.29 is 14.7 Å². The number of aromatic nitrogens is 1. The smallest absolute Gasteiger partial charge is 0.253 e. The van der Waals surface area contributed by atoms with Crippen LogP contribution in [0.3, 0.4) is 0 Å². The number of ketones is 1. The fraction of sp³-hybridized carbons (Fsp3) is 0.0455. The lowest BCUT2D eigenvalue weighted by molar-refractivity contribution is 0.0998. The van der Waals surface area contributed by atoms with E-state index in [1.807, 2.05) is 18.2 Å². The van der Waals surface area contributed by atoms with E-state index in [2.05, 4.69) is 14.6 Å². The van der Waals surface area contributed by atoms with Crippen molar-refractivity contribution in [2.45, 2.75) is 6.92 Å². The highest BCUT2D eigenvalue weighted by molar-refractivity contribution is 7.10. The molecule has 0 aliphatic carbocycles. The summed E-state index contributed by atoms with van der Waals surface area (Å²) in [7, 11) is 0. The number of fused-ring (bicyclic) bond motifs is 1. The van der Waals surface area contributed by atoms with Gasteiger partial charge in [-0.25, -0.2) is 0 Å². The molecule has 0 atom stereocenters. The molecule has 1 heterocycles. The first-order chi connectivity index (χ1) is 14.5. The van der Waals surface area contributed by atoms with Crippen molar-refractivity contribution in [2.24, 2.45) is 16.0 Å². The zero-order chi connectivity index (χ0) is 21.3. The number of carbonyl (C=O) groups is 2. The van der Waals surface area contributed by atoms with E-state index in [0.29, 0.717) is 16.6 Å². The van der Waals surface area contributed by atoms with Gasteiger partial charge in [-0.1, -0.05) is 54.6 Å². The van der Waals surface area contributed by atoms with E-state index in [9.17, 15) is 14.7 Å². The number of amides is 1. The summed E-state index contributed by atoms with van der Waals surface area (Å²) < 4.78 is 4.09. The van der Waals surface area contributed by atoms with E-state index in [1.54, 1.807) is 49.4 Å². The molecule has 0 bridgehead atoms. The quantitative estimate of drug-likeness (QED) is 0.349. The van der Waals surface area contributed by atoms with Gasteiger partial charge in [0.05, 0.1) is 11.3 Å². The number of hydrogen-bond acceptors (Lipinski definition) is 7. The van der Waals surface area contributed by atoms with Gasteiger partial charge in [0.15, 0.2) is 16.5 Å². The second-order valence-electron chi connectivity index (χ2n) is 6.55. The Bertz CT molecular complexity index is 1310. The Hall–Kier alpha value is -3.91. The summed E-state index contributed by atoms with van der Waals surface area (Å²) in [6.45, 7) is 1.65. The van der Waals surface area contributed by atoms with Crippen molar-refractivity contribution in [3.05, 3.63) is 83.0 Å². The maximum atomic E-state index is 13.0. The molecule has 3 aromatic carbocycles. The molecule has 4 rings (SSSR count). The Labute approximate surface area is 175 Å². The molecule has 0 saturated carbocycles. The fourth-order valence-corrected chi connectivity index (χ4v) is 3.87. The standard InChI is InChI=1S/C22H16N4O3S/c1-12-17(21(23)29)22(30-26-12)25-24-18-15-10-6-5-9-14(15)11-16(20(18)28)19(27)13-7-3-2-4-8-13/h2-11,28H,1H3,(H2,23,29)/b25-24+. The average molecular weight is 416 g/mol. The average Bonchev–Trinajstić information content (AvgIpc) is 3.13. The number of azo groups is 1. The second kappa shape index (κ2) is 7.84. The minimum absolute atomic E-state index is 0.115. The molecule has 0 unspecified atom stereocenters. The fourth-order valence-electron chi connectivity index (χ4n) is 3.14. The first-order valence-electron chi connectivity index (χ1n) is 8.99. The number of nitrogens with zero attached hydrogens (tertiary/aromatic N) is 3. The van der Waals surface area contributed by atoms with Gasteiger partial charge < -0.3 is 10.8 Å². The third-order valence-electron chi connectivity index (χ3n) is 4.61. The van der Waals surface area contributed by atoms with Gasteiger partial charge in [0.25, 0.3) is 5.91 Å². The number of phenols is 1. The first kappa shape index (κ1) is 19.4. The summed E-state index contributed by atoms with van der Waals surface area (Å²) in [4.78, 5) is 24.7. The van der Waals surface area contributed by atoms with Crippen LogP contribution in [-0.2, 0) is 0 Å². The highest BCUT2D eigenvalue weighted by Crippen LogP contribution is 2.41. The minimum Gasteiger partial charge on any atom is -0.505 e. The van der Waals surface area contributed by atoms with Crippen LogP contribution in [0.5, 0.6) is 5.75 Å². The van der Waals surface area contributed by atoms with Crippen molar-refractivity contribution in [1.82, 2.24) is 4.37 Å². The highest BCUT2D eigenvalue weighted by atomic mass is 32.1.